The van der Waals surface area contributed by atoms with Gasteiger partial charge in [0.25, 0.3) is 0 Å². The summed E-state index contributed by atoms with van der Waals surface area (Å²) in [5.41, 5.74) is 6.34. The summed E-state index contributed by atoms with van der Waals surface area (Å²) in [6, 6.07) is 11.7. The van der Waals surface area contributed by atoms with Gasteiger partial charge in [0, 0.05) is 22.8 Å². The van der Waals surface area contributed by atoms with Crippen LogP contribution in [0, 0.1) is 12.8 Å². The number of benzene rings is 2. The van der Waals surface area contributed by atoms with E-state index in [-0.39, 0.29) is 16.0 Å². The van der Waals surface area contributed by atoms with Gasteiger partial charge in [-0.15, -0.1) is 0 Å². The molecule has 0 amide bonds. The molecule has 2 aromatic carbocycles. The summed E-state index contributed by atoms with van der Waals surface area (Å²) in [7, 11) is 0.606. The first-order chi connectivity index (χ1) is 17.7. The molecule has 1 fully saturated rings. The lowest BCUT2D eigenvalue weighted by atomic mass is 9.69. The van der Waals surface area contributed by atoms with Gasteiger partial charge in [0.15, 0.2) is 0 Å². The normalized spacial score (nSPS) is 18.2. The van der Waals surface area contributed by atoms with E-state index in [9.17, 15) is 5.11 Å². The standard InChI is InChI=1S/C35H56NOP/c1-11-16-26(4)34(8,9)29-22-28(33(5,6)7)23-30(32(29)37)35(10,12-2)38-31-18-17-25(3)21-27(31)24-36-19-14-13-15-20-36/h17-18,21-23,26,37-38H,11-16,19-20,24H2,1-10H3. The molecular weight excluding hydrogens is 481 g/mol. The fraction of sp³-hybridized carbons (Fsp3) is 0.657. The molecule has 1 aliphatic rings. The van der Waals surface area contributed by atoms with Crippen molar-refractivity contribution >= 4 is 13.9 Å². The Labute approximate surface area is 236 Å². The molecule has 212 valence electrons. The topological polar surface area (TPSA) is 23.5 Å². The Kier molecular flexibility index (Phi) is 10.2. The molecule has 0 spiro atoms. The van der Waals surface area contributed by atoms with Crippen LogP contribution in [0.15, 0.2) is 30.3 Å². The van der Waals surface area contributed by atoms with E-state index < -0.39 is 0 Å². The second-order valence-corrected chi connectivity index (χ2v) is 15.8. The number of aryl methyl sites for hydroxylation is 1. The van der Waals surface area contributed by atoms with Crippen molar-refractivity contribution in [3.05, 3.63) is 58.1 Å². The molecule has 2 aromatic rings. The van der Waals surface area contributed by atoms with E-state index in [1.165, 1.54) is 60.8 Å². The molecule has 3 heteroatoms. The zero-order chi connectivity index (χ0) is 28.3. The molecule has 0 saturated carbocycles. The summed E-state index contributed by atoms with van der Waals surface area (Å²) in [5, 5.41) is 13.4. The highest BCUT2D eigenvalue weighted by atomic mass is 31.1. The lowest BCUT2D eigenvalue weighted by molar-refractivity contribution is 0.221. The first-order valence-electron chi connectivity index (χ1n) is 15.2. The molecule has 0 bridgehead atoms. The Morgan fingerprint density at radius 2 is 1.55 bits per heavy atom. The van der Waals surface area contributed by atoms with Crippen LogP contribution >= 0.6 is 8.58 Å². The van der Waals surface area contributed by atoms with Crippen molar-refractivity contribution in [2.24, 2.45) is 5.92 Å². The molecule has 38 heavy (non-hydrogen) atoms. The van der Waals surface area contributed by atoms with Crippen molar-refractivity contribution in [2.75, 3.05) is 13.1 Å². The van der Waals surface area contributed by atoms with E-state index in [1.807, 2.05) is 0 Å². The minimum absolute atomic E-state index is 0.0162. The number of hydrogen-bond donors (Lipinski definition) is 1. The van der Waals surface area contributed by atoms with Gasteiger partial charge < -0.3 is 5.11 Å². The molecule has 1 saturated heterocycles. The van der Waals surface area contributed by atoms with Crippen LogP contribution < -0.4 is 5.30 Å². The maximum atomic E-state index is 12.0. The smallest absolute Gasteiger partial charge is 0.123 e. The van der Waals surface area contributed by atoms with Crippen molar-refractivity contribution in [3.63, 3.8) is 0 Å². The largest absolute Gasteiger partial charge is 0.507 e. The second-order valence-electron chi connectivity index (χ2n) is 13.9. The first kappa shape index (κ1) is 31.2. The minimum atomic E-state index is -0.129. The molecule has 0 radical (unpaired) electrons. The Hall–Kier alpha value is -1.37. The highest BCUT2D eigenvalue weighted by Gasteiger charge is 2.37. The number of phenolic OH excluding ortho intramolecular Hbond substituents is 1. The summed E-state index contributed by atoms with van der Waals surface area (Å²) >= 11 is 0. The molecule has 3 atom stereocenters. The van der Waals surface area contributed by atoms with Crippen molar-refractivity contribution in [1.82, 2.24) is 4.90 Å². The van der Waals surface area contributed by atoms with Gasteiger partial charge >= 0.3 is 0 Å². The maximum absolute atomic E-state index is 12.0. The average molecular weight is 538 g/mol. The van der Waals surface area contributed by atoms with Crippen molar-refractivity contribution in [1.29, 1.82) is 0 Å². The van der Waals surface area contributed by atoms with Crippen molar-refractivity contribution in [2.45, 2.75) is 130 Å². The van der Waals surface area contributed by atoms with E-state index in [0.717, 1.165) is 30.5 Å². The monoisotopic (exact) mass is 537 g/mol. The number of rotatable bonds is 10. The molecule has 1 aliphatic heterocycles. The summed E-state index contributed by atoms with van der Waals surface area (Å²) in [6.45, 7) is 26.6. The second kappa shape index (κ2) is 12.4. The van der Waals surface area contributed by atoms with Crippen molar-refractivity contribution in [3.8, 4) is 5.75 Å². The number of piperidine rings is 1. The van der Waals surface area contributed by atoms with Crippen LogP contribution in [0.4, 0.5) is 0 Å². The highest BCUT2D eigenvalue weighted by molar-refractivity contribution is 7.48. The van der Waals surface area contributed by atoms with Gasteiger partial charge in [-0.2, -0.15) is 0 Å². The SMILES string of the molecule is CCCC(C)C(C)(C)c1cc(C(C)(C)C)cc(C(C)(CC)Pc2ccc(C)cc2CN2CCCCC2)c1O. The van der Waals surface area contributed by atoms with Gasteiger partial charge in [-0.1, -0.05) is 126 Å². The van der Waals surface area contributed by atoms with E-state index in [0.29, 0.717) is 20.2 Å². The molecule has 3 unspecified atom stereocenters. The molecule has 2 nitrogen and oxygen atoms in total. The molecular formula is C35H56NOP. The summed E-state index contributed by atoms with van der Waals surface area (Å²) in [4.78, 5) is 2.64. The predicted octanol–water partition coefficient (Wildman–Crippen LogP) is 9.33. The van der Waals surface area contributed by atoms with Gasteiger partial charge in [-0.25, -0.2) is 0 Å². The van der Waals surface area contributed by atoms with E-state index >= 15 is 0 Å². The first-order valence-corrected chi connectivity index (χ1v) is 16.2. The van der Waals surface area contributed by atoms with Gasteiger partial charge in [-0.3, -0.25) is 4.90 Å². The predicted molar refractivity (Wildman–Crippen MR) is 170 cm³/mol. The van der Waals surface area contributed by atoms with Gasteiger partial charge in [-0.05, 0) is 72.5 Å². The van der Waals surface area contributed by atoms with Crippen LogP contribution in [0.2, 0.25) is 0 Å². The van der Waals surface area contributed by atoms with E-state index in [4.69, 9.17) is 0 Å². The van der Waals surface area contributed by atoms with Crippen molar-refractivity contribution < 1.29 is 5.11 Å². The summed E-state index contributed by atoms with van der Waals surface area (Å²) < 4.78 is 0. The highest BCUT2D eigenvalue weighted by Crippen LogP contribution is 2.52. The Morgan fingerprint density at radius 1 is 0.921 bits per heavy atom. The maximum Gasteiger partial charge on any atom is 0.123 e. The zero-order valence-electron chi connectivity index (χ0n) is 26.2. The van der Waals surface area contributed by atoms with Gasteiger partial charge in [0.2, 0.25) is 0 Å². The molecule has 1 heterocycles. The van der Waals surface area contributed by atoms with Crippen LogP contribution in [-0.4, -0.2) is 23.1 Å². The summed E-state index contributed by atoms with van der Waals surface area (Å²) in [6.07, 6.45) is 7.33. The number of hydrogen-bond acceptors (Lipinski definition) is 2. The summed E-state index contributed by atoms with van der Waals surface area (Å²) in [5.74, 6) is 1.03. The molecule has 0 aromatic heterocycles. The Balaban J connectivity index is 2.12. The zero-order valence-corrected chi connectivity index (χ0v) is 27.2. The van der Waals surface area contributed by atoms with E-state index in [2.05, 4.69) is 104 Å². The molecule has 3 rings (SSSR count). The van der Waals surface area contributed by atoms with E-state index in [1.54, 1.807) is 0 Å². The van der Waals surface area contributed by atoms with Gasteiger partial charge in [0.05, 0.1) is 0 Å². The Bertz CT molecular complexity index is 1080. The van der Waals surface area contributed by atoms with Crippen LogP contribution in [0.1, 0.15) is 129 Å². The quantitative estimate of drug-likeness (QED) is 0.305. The lowest BCUT2D eigenvalue weighted by Gasteiger charge is -2.38. The minimum Gasteiger partial charge on any atom is -0.507 e. The lowest BCUT2D eigenvalue weighted by Crippen LogP contribution is -2.31. The van der Waals surface area contributed by atoms with Gasteiger partial charge in [0.1, 0.15) is 5.75 Å². The van der Waals surface area contributed by atoms with Crippen LogP contribution in [-0.2, 0) is 22.5 Å². The van der Waals surface area contributed by atoms with Crippen LogP contribution in [0.5, 0.6) is 5.75 Å². The third-order valence-electron chi connectivity index (χ3n) is 9.44. The van der Waals surface area contributed by atoms with Crippen LogP contribution in [0.25, 0.3) is 0 Å². The Morgan fingerprint density at radius 3 is 2.13 bits per heavy atom. The number of nitrogens with zero attached hydrogens (tertiary/aromatic N) is 1. The molecule has 0 aliphatic carbocycles. The number of likely N-dealkylation sites (tertiary alicyclic amines) is 1. The fourth-order valence-corrected chi connectivity index (χ4v) is 7.59. The third-order valence-corrected chi connectivity index (χ3v) is 11.4. The fourth-order valence-electron chi connectivity index (χ4n) is 6.02. The van der Waals surface area contributed by atoms with Crippen LogP contribution in [0.3, 0.4) is 0 Å². The number of aromatic hydroxyl groups is 1. The molecule has 1 N–H and O–H groups in total. The number of phenols is 1. The average Bonchev–Trinajstić information content (AvgIpc) is 2.85. The third kappa shape index (κ3) is 7.03.